The lowest BCUT2D eigenvalue weighted by Gasteiger charge is -2.37. The van der Waals surface area contributed by atoms with Gasteiger partial charge in [-0.1, -0.05) is 6.92 Å². The lowest BCUT2D eigenvalue weighted by atomic mass is 9.81. The van der Waals surface area contributed by atoms with Crippen LogP contribution in [0.2, 0.25) is 0 Å². The number of alkyl halides is 5. The molecule has 0 aromatic carbocycles. The van der Waals surface area contributed by atoms with Gasteiger partial charge < -0.3 is 5.32 Å². The first-order valence-electron chi connectivity index (χ1n) is 11.0. The van der Waals surface area contributed by atoms with Crippen molar-refractivity contribution < 1.29 is 35.2 Å². The molecular formula is C20H31F5N2O3S. The number of amides is 1. The highest BCUT2D eigenvalue weighted by atomic mass is 32.2. The fraction of sp³-hybridized carbons (Fsp3) is 0.950. The van der Waals surface area contributed by atoms with E-state index in [2.05, 4.69) is 17.0 Å². The largest absolute Gasteiger partial charge is 0.353 e. The van der Waals surface area contributed by atoms with Gasteiger partial charge in [0.15, 0.2) is 18.5 Å². The number of carbonyl (C=O) groups is 1. The monoisotopic (exact) mass is 474 g/mol. The third-order valence-electron chi connectivity index (χ3n) is 7.01. The highest BCUT2D eigenvalue weighted by Crippen LogP contribution is 2.36. The van der Waals surface area contributed by atoms with Crippen molar-refractivity contribution in [3.8, 4) is 0 Å². The van der Waals surface area contributed by atoms with Crippen LogP contribution in [-0.4, -0.2) is 62.5 Å². The summed E-state index contributed by atoms with van der Waals surface area (Å²) in [6, 6.07) is -0.796. The molecule has 0 aromatic heterocycles. The van der Waals surface area contributed by atoms with Crippen LogP contribution in [0, 0.1) is 11.8 Å². The molecule has 0 aromatic rings. The molecule has 4 unspecified atom stereocenters. The molecule has 0 radical (unpaired) electrons. The average Bonchev–Trinajstić information content (AvgIpc) is 2.72. The molecule has 2 N–H and O–H groups in total. The van der Waals surface area contributed by atoms with Crippen LogP contribution in [0.25, 0.3) is 0 Å². The van der Waals surface area contributed by atoms with Crippen LogP contribution in [0.5, 0.6) is 0 Å². The van der Waals surface area contributed by atoms with Crippen LogP contribution < -0.4 is 10.0 Å². The van der Waals surface area contributed by atoms with Gasteiger partial charge in [0.25, 0.3) is 0 Å². The minimum Gasteiger partial charge on any atom is -0.353 e. The third kappa shape index (κ3) is 5.51. The Hall–Kier alpha value is -0.970. The quantitative estimate of drug-likeness (QED) is 0.601. The first-order chi connectivity index (χ1) is 14.5. The number of nitrogens with one attached hydrogen (secondary N) is 2. The zero-order chi connectivity index (χ0) is 22.9. The van der Waals surface area contributed by atoms with Gasteiger partial charge in [-0.3, -0.25) is 4.79 Å². The zero-order valence-corrected chi connectivity index (χ0v) is 18.3. The zero-order valence-electron chi connectivity index (χ0n) is 17.5. The van der Waals surface area contributed by atoms with E-state index in [1.165, 1.54) is 0 Å². The molecule has 3 rings (SSSR count). The number of sulfonamides is 1. The summed E-state index contributed by atoms with van der Waals surface area (Å²) in [7, 11) is -3.45. The van der Waals surface area contributed by atoms with Crippen molar-refractivity contribution >= 4 is 15.9 Å². The van der Waals surface area contributed by atoms with Crippen molar-refractivity contribution in [1.82, 2.24) is 10.0 Å². The molecule has 0 saturated heterocycles. The molecule has 3 fully saturated rings. The number of hydrogen-bond donors (Lipinski definition) is 2. The minimum absolute atomic E-state index is 0.298. The number of carbonyl (C=O) groups excluding carboxylic acids is 1. The maximum absolute atomic E-state index is 14.0. The van der Waals surface area contributed by atoms with E-state index in [4.69, 9.17) is 0 Å². The maximum Gasteiger partial charge on any atom is 0.229 e. The van der Waals surface area contributed by atoms with E-state index in [0.29, 0.717) is 44.4 Å². The van der Waals surface area contributed by atoms with Crippen LogP contribution in [0.15, 0.2) is 0 Å². The molecule has 0 heterocycles. The number of hydrogen-bond acceptors (Lipinski definition) is 3. The summed E-state index contributed by atoms with van der Waals surface area (Å²) in [5.74, 6) is -2.90. The fourth-order valence-electron chi connectivity index (χ4n) is 4.91. The molecule has 11 heteroatoms. The molecule has 3 aliphatic carbocycles. The van der Waals surface area contributed by atoms with Gasteiger partial charge in [0.05, 0.1) is 5.25 Å². The number of rotatable bonds is 5. The first kappa shape index (κ1) is 24.7. The molecule has 1 amide bonds. The molecule has 5 nitrogen and oxygen atoms in total. The van der Waals surface area contributed by atoms with Gasteiger partial charge in [-0.05, 0) is 57.3 Å². The van der Waals surface area contributed by atoms with Crippen molar-refractivity contribution in [2.45, 2.75) is 106 Å². The van der Waals surface area contributed by atoms with E-state index in [-0.39, 0.29) is 6.04 Å². The Balaban J connectivity index is 1.49. The highest BCUT2D eigenvalue weighted by Gasteiger charge is 2.56. The molecular weight excluding hydrogens is 443 g/mol. The smallest absolute Gasteiger partial charge is 0.229 e. The second-order valence-corrected chi connectivity index (χ2v) is 11.3. The SMILES string of the molecule is CC1CCC(S(=O)(=O)NC2CCC(NC(=O)C3C(F)C(F)C(F)C(F)C3F)CC2)CC1. The van der Waals surface area contributed by atoms with E-state index in [1.54, 1.807) is 0 Å². The second-order valence-electron chi connectivity index (χ2n) is 9.35. The first-order valence-corrected chi connectivity index (χ1v) is 12.6. The normalized spacial score (nSPS) is 44.6. The van der Waals surface area contributed by atoms with E-state index >= 15 is 0 Å². The van der Waals surface area contributed by atoms with Gasteiger partial charge in [0, 0.05) is 12.1 Å². The molecule has 4 atom stereocenters. The summed E-state index contributed by atoms with van der Waals surface area (Å²) in [6.07, 6.45) is -9.72. The maximum atomic E-state index is 14.0. The minimum atomic E-state index is -3.45. The van der Waals surface area contributed by atoms with Crippen LogP contribution in [0.3, 0.4) is 0 Å². The third-order valence-corrected chi connectivity index (χ3v) is 9.02. The van der Waals surface area contributed by atoms with Crippen molar-refractivity contribution in [3.05, 3.63) is 0 Å². The molecule has 3 aliphatic rings. The lowest BCUT2D eigenvalue weighted by molar-refractivity contribution is -0.144. The second kappa shape index (κ2) is 9.89. The van der Waals surface area contributed by atoms with Crippen molar-refractivity contribution in [2.24, 2.45) is 11.8 Å². The van der Waals surface area contributed by atoms with Gasteiger partial charge >= 0.3 is 0 Å². The highest BCUT2D eigenvalue weighted by molar-refractivity contribution is 7.90. The predicted molar refractivity (Wildman–Crippen MR) is 106 cm³/mol. The van der Waals surface area contributed by atoms with E-state index in [9.17, 15) is 35.2 Å². The molecule has 3 saturated carbocycles. The van der Waals surface area contributed by atoms with Crippen molar-refractivity contribution in [3.63, 3.8) is 0 Å². The van der Waals surface area contributed by atoms with Gasteiger partial charge in [0.2, 0.25) is 15.9 Å². The standard InChI is InChI=1S/C20H31F5N2O3S/c1-10-2-8-13(9-3-10)31(29,30)27-12-6-4-11(5-7-12)26-20(28)14-15(21)17(23)19(25)18(24)16(14)22/h10-19,27H,2-9H2,1H3,(H,26,28). The molecule has 0 aliphatic heterocycles. The fourth-order valence-corrected chi connectivity index (χ4v) is 6.69. The van der Waals surface area contributed by atoms with Crippen LogP contribution in [0.4, 0.5) is 22.0 Å². The Bertz CT molecular complexity index is 710. The summed E-state index contributed by atoms with van der Waals surface area (Å²) in [6.45, 7) is 2.10. The van der Waals surface area contributed by atoms with Crippen molar-refractivity contribution in [1.29, 1.82) is 0 Å². The Kier molecular flexibility index (Phi) is 7.87. The molecule has 180 valence electrons. The number of halogens is 5. The summed E-state index contributed by atoms with van der Waals surface area (Å²) in [5, 5.41) is 2.00. The topological polar surface area (TPSA) is 75.3 Å². The summed E-state index contributed by atoms with van der Waals surface area (Å²) in [4.78, 5) is 12.3. The van der Waals surface area contributed by atoms with Gasteiger partial charge in [-0.2, -0.15) is 0 Å². The average molecular weight is 475 g/mol. The molecule has 0 spiro atoms. The Morgan fingerprint density at radius 2 is 1.16 bits per heavy atom. The summed E-state index contributed by atoms with van der Waals surface area (Å²) in [5.41, 5.74) is 0. The summed E-state index contributed by atoms with van der Waals surface area (Å²) >= 11 is 0. The van der Waals surface area contributed by atoms with E-state index < -0.39 is 64.0 Å². The van der Waals surface area contributed by atoms with Gasteiger partial charge in [0.1, 0.15) is 18.3 Å². The van der Waals surface area contributed by atoms with Crippen LogP contribution in [-0.2, 0) is 14.8 Å². The van der Waals surface area contributed by atoms with Crippen molar-refractivity contribution in [2.75, 3.05) is 0 Å². The van der Waals surface area contributed by atoms with Gasteiger partial charge in [-0.25, -0.2) is 35.1 Å². The van der Waals surface area contributed by atoms with Crippen LogP contribution in [0.1, 0.15) is 58.3 Å². The molecule has 0 bridgehead atoms. The Morgan fingerprint density at radius 3 is 1.68 bits per heavy atom. The van der Waals surface area contributed by atoms with Crippen LogP contribution >= 0.6 is 0 Å². The Labute approximate surface area is 180 Å². The molecule has 31 heavy (non-hydrogen) atoms. The van der Waals surface area contributed by atoms with E-state index in [0.717, 1.165) is 12.8 Å². The lowest BCUT2D eigenvalue weighted by Crippen LogP contribution is -2.59. The predicted octanol–water partition coefficient (Wildman–Crippen LogP) is 3.23. The van der Waals surface area contributed by atoms with E-state index in [1.807, 2.05) is 0 Å². The summed E-state index contributed by atoms with van der Waals surface area (Å²) < 4.78 is 96.4. The Morgan fingerprint density at radius 1 is 0.710 bits per heavy atom. The van der Waals surface area contributed by atoms with Gasteiger partial charge in [-0.15, -0.1) is 0 Å².